The van der Waals surface area contributed by atoms with Gasteiger partial charge in [-0.25, -0.2) is 0 Å². The molecule has 1 aromatic rings. The average molecular weight is 184 g/mol. The van der Waals surface area contributed by atoms with Crippen molar-refractivity contribution in [2.45, 2.75) is 32.8 Å². The fourth-order valence-electron chi connectivity index (χ4n) is 1.38. The van der Waals surface area contributed by atoms with Crippen LogP contribution < -0.4 is 5.56 Å². The Morgan fingerprint density at radius 1 is 1.54 bits per heavy atom. The summed E-state index contributed by atoms with van der Waals surface area (Å²) in [6.45, 7) is 1.93. The number of aromatic amines is 1. The molecule has 0 radical (unpaired) electrons. The van der Waals surface area contributed by atoms with Crippen LogP contribution in [0.3, 0.4) is 0 Å². The maximum atomic E-state index is 11.4. The smallest absolute Gasteiger partial charge is 0.272 e. The highest BCUT2D eigenvalue weighted by Gasteiger charge is 2.09. The first kappa shape index (κ1) is 10.1. The van der Waals surface area contributed by atoms with Crippen molar-refractivity contribution >= 4 is 0 Å². The van der Waals surface area contributed by atoms with Crippen LogP contribution in [0, 0.1) is 0 Å². The van der Waals surface area contributed by atoms with Crippen LogP contribution in [-0.2, 0) is 20.1 Å². The fraction of sp³-hybridized carbons (Fsp3) is 0.667. The third kappa shape index (κ3) is 2.01. The Morgan fingerprint density at radius 2 is 2.23 bits per heavy atom. The molecular weight excluding hydrogens is 168 g/mol. The molecule has 1 aromatic heterocycles. The molecule has 1 heterocycles. The minimum atomic E-state index is -0.171. The van der Waals surface area contributed by atoms with Gasteiger partial charge in [0, 0.05) is 12.7 Å². The van der Waals surface area contributed by atoms with Crippen LogP contribution in [0.15, 0.2) is 4.79 Å². The van der Waals surface area contributed by atoms with E-state index < -0.39 is 0 Å². The van der Waals surface area contributed by atoms with Crippen molar-refractivity contribution in [2.75, 3.05) is 0 Å². The molecule has 0 unspecified atom stereocenters. The number of aryl methyl sites for hydroxylation is 2. The summed E-state index contributed by atoms with van der Waals surface area (Å²) in [6, 6.07) is 0. The molecular formula is C9H16N2O2. The molecule has 2 N–H and O–H groups in total. The lowest BCUT2D eigenvalue weighted by Gasteiger charge is -1.97. The number of aliphatic hydroxyl groups is 1. The summed E-state index contributed by atoms with van der Waals surface area (Å²) in [7, 11) is 1.66. The molecule has 13 heavy (non-hydrogen) atoms. The number of H-pyrrole nitrogens is 1. The van der Waals surface area contributed by atoms with E-state index in [0.29, 0.717) is 5.56 Å². The number of unbranched alkanes of at least 4 members (excludes halogenated alkanes) is 1. The van der Waals surface area contributed by atoms with E-state index in [4.69, 9.17) is 5.11 Å². The molecule has 4 nitrogen and oxygen atoms in total. The van der Waals surface area contributed by atoms with Crippen LogP contribution in [0.4, 0.5) is 0 Å². The minimum Gasteiger partial charge on any atom is -0.391 e. The number of hydrogen-bond acceptors (Lipinski definition) is 2. The zero-order valence-corrected chi connectivity index (χ0v) is 8.13. The maximum Gasteiger partial charge on any atom is 0.272 e. The second-order valence-corrected chi connectivity index (χ2v) is 3.19. The maximum absolute atomic E-state index is 11.4. The van der Waals surface area contributed by atoms with E-state index in [1.54, 1.807) is 7.05 Å². The van der Waals surface area contributed by atoms with Gasteiger partial charge < -0.3 is 5.11 Å². The van der Waals surface area contributed by atoms with Crippen molar-refractivity contribution in [3.05, 3.63) is 21.6 Å². The summed E-state index contributed by atoms with van der Waals surface area (Å²) in [4.78, 5) is 11.4. The first-order valence-corrected chi connectivity index (χ1v) is 4.58. The first-order valence-electron chi connectivity index (χ1n) is 4.58. The molecule has 0 bridgehead atoms. The highest BCUT2D eigenvalue weighted by atomic mass is 16.3. The third-order valence-electron chi connectivity index (χ3n) is 2.17. The number of nitrogens with one attached hydrogen (secondary N) is 1. The Morgan fingerprint density at radius 3 is 2.77 bits per heavy atom. The Hall–Kier alpha value is -1.03. The molecule has 0 amide bonds. The van der Waals surface area contributed by atoms with E-state index >= 15 is 0 Å². The van der Waals surface area contributed by atoms with E-state index in [0.717, 1.165) is 25.0 Å². The van der Waals surface area contributed by atoms with Crippen LogP contribution in [-0.4, -0.2) is 14.9 Å². The molecule has 0 saturated heterocycles. The minimum absolute atomic E-state index is 0.117. The Bertz CT molecular complexity index is 325. The Balaban J connectivity index is 2.93. The van der Waals surface area contributed by atoms with Gasteiger partial charge in [0.25, 0.3) is 5.56 Å². The van der Waals surface area contributed by atoms with Crippen LogP contribution >= 0.6 is 0 Å². The van der Waals surface area contributed by atoms with Crippen molar-refractivity contribution in [3.8, 4) is 0 Å². The standard InChI is InChI=1S/C9H16N2O2/c1-3-4-5-8-7(6-12)9(13)11(2)10-8/h10,12H,3-6H2,1-2H3. The van der Waals surface area contributed by atoms with Crippen molar-refractivity contribution in [2.24, 2.45) is 7.05 Å². The molecule has 0 aromatic carbocycles. The number of aromatic nitrogens is 2. The number of rotatable bonds is 4. The van der Waals surface area contributed by atoms with Gasteiger partial charge in [-0.15, -0.1) is 0 Å². The van der Waals surface area contributed by atoms with Gasteiger partial charge in [0.1, 0.15) is 0 Å². The van der Waals surface area contributed by atoms with Crippen molar-refractivity contribution in [1.82, 2.24) is 9.78 Å². The molecule has 74 valence electrons. The van der Waals surface area contributed by atoms with E-state index in [-0.39, 0.29) is 12.2 Å². The van der Waals surface area contributed by atoms with Crippen LogP contribution in [0.5, 0.6) is 0 Å². The summed E-state index contributed by atoms with van der Waals surface area (Å²) in [5.74, 6) is 0. The molecule has 0 aliphatic carbocycles. The summed E-state index contributed by atoms with van der Waals surface area (Å²) < 4.78 is 1.41. The van der Waals surface area contributed by atoms with E-state index in [2.05, 4.69) is 12.0 Å². The predicted octanol–water partition coefficient (Wildman–Crippen LogP) is 0.548. The van der Waals surface area contributed by atoms with Gasteiger partial charge in [0.2, 0.25) is 0 Å². The normalized spacial score (nSPS) is 10.7. The van der Waals surface area contributed by atoms with Crippen LogP contribution in [0.1, 0.15) is 31.0 Å². The van der Waals surface area contributed by atoms with Crippen molar-refractivity contribution < 1.29 is 5.11 Å². The topological polar surface area (TPSA) is 58.0 Å². The lowest BCUT2D eigenvalue weighted by Crippen LogP contribution is -2.15. The monoisotopic (exact) mass is 184 g/mol. The molecule has 0 spiro atoms. The lowest BCUT2D eigenvalue weighted by atomic mass is 10.1. The van der Waals surface area contributed by atoms with E-state index in [9.17, 15) is 4.79 Å². The molecule has 4 heteroatoms. The highest BCUT2D eigenvalue weighted by Crippen LogP contribution is 2.05. The van der Waals surface area contributed by atoms with Crippen molar-refractivity contribution in [1.29, 1.82) is 0 Å². The average Bonchev–Trinajstić information content (AvgIpc) is 2.39. The zero-order valence-electron chi connectivity index (χ0n) is 8.13. The fourth-order valence-corrected chi connectivity index (χ4v) is 1.38. The lowest BCUT2D eigenvalue weighted by molar-refractivity contribution is 0.279. The molecule has 0 aliphatic heterocycles. The quantitative estimate of drug-likeness (QED) is 0.718. The summed E-state index contributed by atoms with van der Waals surface area (Å²) in [5, 5.41) is 11.9. The van der Waals surface area contributed by atoms with Gasteiger partial charge in [-0.05, 0) is 12.8 Å². The summed E-state index contributed by atoms with van der Waals surface area (Å²) >= 11 is 0. The van der Waals surface area contributed by atoms with Gasteiger partial charge in [0.05, 0.1) is 12.2 Å². The Kier molecular flexibility index (Phi) is 3.31. The van der Waals surface area contributed by atoms with Gasteiger partial charge >= 0.3 is 0 Å². The number of hydrogen-bond donors (Lipinski definition) is 2. The largest absolute Gasteiger partial charge is 0.391 e. The van der Waals surface area contributed by atoms with Crippen molar-refractivity contribution in [3.63, 3.8) is 0 Å². The summed E-state index contributed by atoms with van der Waals surface area (Å²) in [5.41, 5.74) is 1.27. The second kappa shape index (κ2) is 4.28. The van der Waals surface area contributed by atoms with Crippen LogP contribution in [0.2, 0.25) is 0 Å². The predicted molar refractivity (Wildman–Crippen MR) is 50.6 cm³/mol. The first-order chi connectivity index (χ1) is 6.20. The van der Waals surface area contributed by atoms with Gasteiger partial charge in [-0.3, -0.25) is 14.6 Å². The highest BCUT2D eigenvalue weighted by molar-refractivity contribution is 5.16. The van der Waals surface area contributed by atoms with E-state index in [1.807, 2.05) is 0 Å². The third-order valence-corrected chi connectivity index (χ3v) is 2.17. The number of aliphatic hydroxyl groups excluding tert-OH is 1. The molecule has 1 rings (SSSR count). The number of nitrogens with zero attached hydrogens (tertiary/aromatic N) is 1. The zero-order chi connectivity index (χ0) is 9.84. The van der Waals surface area contributed by atoms with Gasteiger partial charge in [-0.1, -0.05) is 13.3 Å². The molecule has 0 aliphatic rings. The Labute approximate surface area is 77.2 Å². The van der Waals surface area contributed by atoms with Crippen LogP contribution in [0.25, 0.3) is 0 Å². The van der Waals surface area contributed by atoms with Gasteiger partial charge in [-0.2, -0.15) is 0 Å². The molecule has 0 fully saturated rings. The summed E-state index contributed by atoms with van der Waals surface area (Å²) in [6.07, 6.45) is 2.96. The van der Waals surface area contributed by atoms with E-state index in [1.165, 1.54) is 4.68 Å². The SMILES string of the molecule is CCCCc1[nH]n(C)c(=O)c1CO. The molecule has 0 saturated carbocycles. The second-order valence-electron chi connectivity index (χ2n) is 3.19. The molecule has 0 atom stereocenters. The van der Waals surface area contributed by atoms with Gasteiger partial charge in [0.15, 0.2) is 0 Å².